The lowest BCUT2D eigenvalue weighted by Crippen LogP contribution is -2.07. The Morgan fingerprint density at radius 2 is 2.00 bits per heavy atom. The number of methoxy groups -OCH3 is 1. The van der Waals surface area contributed by atoms with Gasteiger partial charge in [0.2, 0.25) is 0 Å². The average molecular weight is 299 g/mol. The van der Waals surface area contributed by atoms with Gasteiger partial charge in [0.15, 0.2) is 0 Å². The Morgan fingerprint density at radius 3 is 2.76 bits per heavy atom. The summed E-state index contributed by atoms with van der Waals surface area (Å²) in [5.41, 5.74) is 11.8. The molecule has 0 unspecified atom stereocenters. The molecule has 0 spiro atoms. The smallest absolute Gasteiger partial charge is 0.118 e. The van der Waals surface area contributed by atoms with Crippen molar-refractivity contribution in [2.75, 3.05) is 24.7 Å². The first-order valence-electron chi connectivity index (χ1n) is 6.76. The predicted octanol–water partition coefficient (Wildman–Crippen LogP) is 3.54. The second kappa shape index (κ2) is 6.01. The number of fused-ring (bicyclic) bond motifs is 1. The van der Waals surface area contributed by atoms with Crippen LogP contribution < -0.4 is 15.8 Å². The molecule has 0 atom stereocenters. The summed E-state index contributed by atoms with van der Waals surface area (Å²) in [6, 6.07) is 12.2. The molecule has 3 rings (SSSR count). The number of benzene rings is 2. The van der Waals surface area contributed by atoms with Gasteiger partial charge < -0.3 is 15.8 Å². The molecule has 0 aliphatic heterocycles. The minimum absolute atomic E-state index is 0.725. The number of rotatable bonds is 5. The summed E-state index contributed by atoms with van der Waals surface area (Å²) in [5, 5.41) is 3.38. The summed E-state index contributed by atoms with van der Waals surface area (Å²) in [4.78, 5) is 4.30. The average Bonchev–Trinajstić information content (AvgIpc) is 3.00. The molecule has 0 radical (unpaired) electrons. The fourth-order valence-electron chi connectivity index (χ4n) is 2.24. The highest BCUT2D eigenvalue weighted by Crippen LogP contribution is 2.29. The van der Waals surface area contributed by atoms with Crippen molar-refractivity contribution in [2.45, 2.75) is 6.42 Å². The van der Waals surface area contributed by atoms with Crippen LogP contribution in [0, 0.1) is 0 Å². The number of ether oxygens (including phenoxy) is 1. The van der Waals surface area contributed by atoms with Gasteiger partial charge in [0, 0.05) is 6.54 Å². The number of nitrogen functional groups attached to an aromatic ring is 1. The standard InChI is InChI=1S/C16H17N3OS/c1-20-12-4-2-11(3-5-12)8-9-18-13-6-7-14-16(15(13)17)19-10-21-14/h2-7,10,18H,8-9,17H2,1H3. The summed E-state index contributed by atoms with van der Waals surface area (Å²) in [5.74, 6) is 0.880. The molecule has 0 saturated carbocycles. The Balaban J connectivity index is 1.64. The fraction of sp³-hybridized carbons (Fsp3) is 0.188. The van der Waals surface area contributed by atoms with Crippen molar-refractivity contribution in [3.05, 3.63) is 47.5 Å². The molecule has 1 heterocycles. The first-order chi connectivity index (χ1) is 10.3. The Hall–Kier alpha value is -2.27. The number of nitrogens with two attached hydrogens (primary N) is 1. The highest BCUT2D eigenvalue weighted by Gasteiger charge is 2.06. The van der Waals surface area contributed by atoms with Gasteiger partial charge in [-0.15, -0.1) is 11.3 Å². The number of hydrogen-bond donors (Lipinski definition) is 2. The van der Waals surface area contributed by atoms with E-state index in [1.807, 2.05) is 23.7 Å². The van der Waals surface area contributed by atoms with Crippen LogP contribution in [0.4, 0.5) is 11.4 Å². The zero-order valence-electron chi connectivity index (χ0n) is 11.8. The summed E-state index contributed by atoms with van der Waals surface area (Å²) >= 11 is 1.60. The van der Waals surface area contributed by atoms with E-state index in [4.69, 9.17) is 10.5 Å². The molecule has 5 heteroatoms. The van der Waals surface area contributed by atoms with E-state index in [1.54, 1.807) is 18.4 Å². The summed E-state index contributed by atoms with van der Waals surface area (Å²) in [6.45, 7) is 0.826. The first-order valence-corrected chi connectivity index (χ1v) is 7.64. The number of nitrogens with one attached hydrogen (secondary N) is 1. The van der Waals surface area contributed by atoms with Crippen molar-refractivity contribution >= 4 is 32.9 Å². The number of hydrogen-bond acceptors (Lipinski definition) is 5. The topological polar surface area (TPSA) is 60.2 Å². The van der Waals surface area contributed by atoms with Gasteiger partial charge in [-0.05, 0) is 36.2 Å². The maximum absolute atomic E-state index is 6.15. The molecular formula is C16H17N3OS. The van der Waals surface area contributed by atoms with Gasteiger partial charge in [-0.25, -0.2) is 4.98 Å². The molecule has 4 nitrogen and oxygen atoms in total. The second-order valence-electron chi connectivity index (χ2n) is 4.75. The van der Waals surface area contributed by atoms with E-state index in [9.17, 15) is 0 Å². The zero-order chi connectivity index (χ0) is 14.7. The molecule has 0 amide bonds. The monoisotopic (exact) mass is 299 g/mol. The molecule has 0 saturated heterocycles. The highest BCUT2D eigenvalue weighted by atomic mass is 32.1. The van der Waals surface area contributed by atoms with Crippen LogP contribution in [-0.4, -0.2) is 18.6 Å². The number of anilines is 2. The van der Waals surface area contributed by atoms with E-state index < -0.39 is 0 Å². The van der Waals surface area contributed by atoms with Crippen molar-refractivity contribution in [2.24, 2.45) is 0 Å². The van der Waals surface area contributed by atoms with Crippen molar-refractivity contribution in [1.82, 2.24) is 4.98 Å². The number of aromatic nitrogens is 1. The SMILES string of the molecule is COc1ccc(CCNc2ccc3scnc3c2N)cc1. The highest BCUT2D eigenvalue weighted by molar-refractivity contribution is 7.16. The zero-order valence-corrected chi connectivity index (χ0v) is 12.6. The number of thiazole rings is 1. The lowest BCUT2D eigenvalue weighted by molar-refractivity contribution is 0.414. The molecule has 108 valence electrons. The Labute approximate surface area is 127 Å². The van der Waals surface area contributed by atoms with Crippen LogP contribution in [0.3, 0.4) is 0 Å². The molecule has 1 aromatic heterocycles. The normalized spacial score (nSPS) is 10.7. The van der Waals surface area contributed by atoms with E-state index >= 15 is 0 Å². The van der Waals surface area contributed by atoms with Crippen molar-refractivity contribution in [3.63, 3.8) is 0 Å². The summed E-state index contributed by atoms with van der Waals surface area (Å²) in [7, 11) is 1.67. The molecule has 0 fully saturated rings. The molecule has 3 aromatic rings. The van der Waals surface area contributed by atoms with Gasteiger partial charge in [0.05, 0.1) is 28.7 Å². The van der Waals surface area contributed by atoms with Gasteiger partial charge >= 0.3 is 0 Å². The third kappa shape index (κ3) is 2.92. The first kappa shape index (κ1) is 13.7. The van der Waals surface area contributed by atoms with Gasteiger partial charge in [-0.3, -0.25) is 0 Å². The van der Waals surface area contributed by atoms with Gasteiger partial charge in [0.25, 0.3) is 0 Å². The summed E-state index contributed by atoms with van der Waals surface area (Å²) < 4.78 is 6.27. The van der Waals surface area contributed by atoms with Crippen LogP contribution in [-0.2, 0) is 6.42 Å². The van der Waals surface area contributed by atoms with Crippen molar-refractivity contribution in [3.8, 4) is 5.75 Å². The minimum Gasteiger partial charge on any atom is -0.497 e. The van der Waals surface area contributed by atoms with Crippen molar-refractivity contribution in [1.29, 1.82) is 0 Å². The Kier molecular flexibility index (Phi) is 3.92. The summed E-state index contributed by atoms with van der Waals surface area (Å²) in [6.07, 6.45) is 0.929. The predicted molar refractivity (Wildman–Crippen MR) is 89.2 cm³/mol. The van der Waals surface area contributed by atoms with E-state index in [1.165, 1.54) is 5.56 Å². The lowest BCUT2D eigenvalue weighted by Gasteiger charge is -2.10. The molecular weight excluding hydrogens is 282 g/mol. The molecule has 21 heavy (non-hydrogen) atoms. The van der Waals surface area contributed by atoms with Crippen LogP contribution in [0.2, 0.25) is 0 Å². The van der Waals surface area contributed by atoms with E-state index in [-0.39, 0.29) is 0 Å². The van der Waals surface area contributed by atoms with E-state index in [0.29, 0.717) is 0 Å². The maximum atomic E-state index is 6.15. The Morgan fingerprint density at radius 1 is 1.19 bits per heavy atom. The number of nitrogens with zero attached hydrogens (tertiary/aromatic N) is 1. The third-order valence-electron chi connectivity index (χ3n) is 3.43. The Bertz CT molecular complexity index is 737. The van der Waals surface area contributed by atoms with Crippen LogP contribution in [0.25, 0.3) is 10.2 Å². The van der Waals surface area contributed by atoms with Gasteiger partial charge in [-0.2, -0.15) is 0 Å². The van der Waals surface area contributed by atoms with Gasteiger partial charge in [-0.1, -0.05) is 12.1 Å². The van der Waals surface area contributed by atoms with Crippen LogP contribution >= 0.6 is 11.3 Å². The lowest BCUT2D eigenvalue weighted by atomic mass is 10.1. The molecule has 0 aliphatic rings. The van der Waals surface area contributed by atoms with Crippen molar-refractivity contribution < 1.29 is 4.74 Å². The fourth-order valence-corrected chi connectivity index (χ4v) is 2.93. The van der Waals surface area contributed by atoms with Gasteiger partial charge in [0.1, 0.15) is 11.3 Å². The molecule has 2 aromatic carbocycles. The largest absolute Gasteiger partial charge is 0.497 e. The van der Waals surface area contributed by atoms with Crippen LogP contribution in [0.15, 0.2) is 41.9 Å². The van der Waals surface area contributed by atoms with Crippen LogP contribution in [0.1, 0.15) is 5.56 Å². The molecule has 0 aliphatic carbocycles. The third-order valence-corrected chi connectivity index (χ3v) is 4.22. The van der Waals surface area contributed by atoms with E-state index in [2.05, 4.69) is 28.5 Å². The van der Waals surface area contributed by atoms with E-state index in [0.717, 1.165) is 40.3 Å². The molecule has 3 N–H and O–H groups in total. The maximum Gasteiger partial charge on any atom is 0.118 e. The minimum atomic E-state index is 0.725. The second-order valence-corrected chi connectivity index (χ2v) is 5.64. The molecule has 0 bridgehead atoms. The van der Waals surface area contributed by atoms with Crippen LogP contribution in [0.5, 0.6) is 5.75 Å². The quantitative estimate of drug-likeness (QED) is 0.707.